The van der Waals surface area contributed by atoms with Gasteiger partial charge in [0.1, 0.15) is 6.61 Å². The van der Waals surface area contributed by atoms with Crippen molar-refractivity contribution in [2.45, 2.75) is 238 Å². The molecule has 0 aromatic carbocycles. The minimum atomic E-state index is -0.766. The summed E-state index contributed by atoms with van der Waals surface area (Å²) >= 11 is 0. The first-order valence-electron chi connectivity index (χ1n) is 21.2. The van der Waals surface area contributed by atoms with Gasteiger partial charge in [-0.05, 0) is 38.5 Å². The van der Waals surface area contributed by atoms with E-state index >= 15 is 0 Å². The molecule has 48 heavy (non-hydrogen) atoms. The first-order valence-corrected chi connectivity index (χ1v) is 21.2. The van der Waals surface area contributed by atoms with Crippen molar-refractivity contribution in [3.8, 4) is 0 Å². The summed E-state index contributed by atoms with van der Waals surface area (Å²) in [7, 11) is 0. The van der Waals surface area contributed by atoms with Gasteiger partial charge in [-0.2, -0.15) is 0 Å². The average molecular weight is 679 g/mol. The van der Waals surface area contributed by atoms with Gasteiger partial charge in [0, 0.05) is 12.8 Å². The molecule has 0 aliphatic heterocycles. The highest BCUT2D eigenvalue weighted by Crippen LogP contribution is 2.16. The number of unbranched alkanes of at least 4 members (excludes halogenated alkanes) is 29. The van der Waals surface area contributed by atoms with Crippen LogP contribution in [-0.4, -0.2) is 36.4 Å². The van der Waals surface area contributed by atoms with Crippen LogP contribution in [0.1, 0.15) is 232 Å². The fourth-order valence-electron chi connectivity index (χ4n) is 6.31. The summed E-state index contributed by atoms with van der Waals surface area (Å²) in [4.78, 5) is 24.3. The van der Waals surface area contributed by atoms with Crippen LogP contribution in [0.15, 0.2) is 12.2 Å². The lowest BCUT2D eigenvalue weighted by atomic mass is 10.0. The first-order chi connectivity index (χ1) is 23.6. The predicted molar refractivity (Wildman–Crippen MR) is 205 cm³/mol. The van der Waals surface area contributed by atoms with Gasteiger partial charge in [0.05, 0.1) is 6.61 Å². The fraction of sp³-hybridized carbons (Fsp3) is 0.907. The lowest BCUT2D eigenvalue weighted by Gasteiger charge is -2.15. The maximum absolute atomic E-state index is 12.2. The molecular weight excluding hydrogens is 596 g/mol. The van der Waals surface area contributed by atoms with Crippen LogP contribution in [0.2, 0.25) is 0 Å². The van der Waals surface area contributed by atoms with Crippen LogP contribution in [0.4, 0.5) is 0 Å². The maximum Gasteiger partial charge on any atom is 0.306 e. The zero-order valence-corrected chi connectivity index (χ0v) is 32.3. The van der Waals surface area contributed by atoms with Crippen molar-refractivity contribution in [2.75, 3.05) is 13.2 Å². The van der Waals surface area contributed by atoms with Crippen LogP contribution in [0.25, 0.3) is 0 Å². The van der Waals surface area contributed by atoms with E-state index in [1.165, 1.54) is 167 Å². The first kappa shape index (κ1) is 46.6. The summed E-state index contributed by atoms with van der Waals surface area (Å²) in [6.07, 6.45) is 45.6. The molecule has 0 heterocycles. The molecule has 0 saturated carbocycles. The second-order valence-electron chi connectivity index (χ2n) is 14.4. The van der Waals surface area contributed by atoms with Crippen LogP contribution >= 0.6 is 0 Å². The average Bonchev–Trinajstić information content (AvgIpc) is 3.09. The minimum absolute atomic E-state index is 0.0621. The molecule has 0 rings (SSSR count). The Morgan fingerprint density at radius 2 is 0.771 bits per heavy atom. The molecule has 5 heteroatoms. The number of hydrogen-bond donors (Lipinski definition) is 1. The summed E-state index contributed by atoms with van der Waals surface area (Å²) in [5, 5.41) is 9.57. The zero-order valence-electron chi connectivity index (χ0n) is 32.3. The third-order valence-electron chi connectivity index (χ3n) is 9.56. The second-order valence-corrected chi connectivity index (χ2v) is 14.4. The van der Waals surface area contributed by atoms with Crippen molar-refractivity contribution in [2.24, 2.45) is 0 Å². The summed E-state index contributed by atoms with van der Waals surface area (Å²) in [6, 6.07) is 0. The van der Waals surface area contributed by atoms with E-state index in [1.807, 2.05) is 0 Å². The minimum Gasteiger partial charge on any atom is -0.462 e. The van der Waals surface area contributed by atoms with E-state index in [9.17, 15) is 14.7 Å². The van der Waals surface area contributed by atoms with Crippen molar-refractivity contribution < 1.29 is 24.2 Å². The molecule has 0 amide bonds. The van der Waals surface area contributed by atoms with Crippen molar-refractivity contribution in [1.82, 2.24) is 0 Å². The molecule has 0 aromatic rings. The highest BCUT2D eigenvalue weighted by molar-refractivity contribution is 5.70. The van der Waals surface area contributed by atoms with Gasteiger partial charge in [-0.15, -0.1) is 0 Å². The third-order valence-corrected chi connectivity index (χ3v) is 9.56. The Kier molecular flexibility index (Phi) is 38.9. The summed E-state index contributed by atoms with van der Waals surface area (Å²) in [6.45, 7) is 4.15. The Morgan fingerprint density at radius 1 is 0.458 bits per heavy atom. The number of carbonyl (C=O) groups excluding carboxylic acids is 2. The largest absolute Gasteiger partial charge is 0.462 e. The maximum atomic E-state index is 12.2. The van der Waals surface area contributed by atoms with Crippen LogP contribution in [0.3, 0.4) is 0 Å². The number of rotatable bonds is 39. The van der Waals surface area contributed by atoms with Gasteiger partial charge in [0.2, 0.25) is 0 Å². The SMILES string of the molecule is CCCCCC/C=C\CCCCCCCCCC(=O)OC[C@H](CO)OC(=O)CCCCCCCCCCCCCCCCCCCCC. The topological polar surface area (TPSA) is 72.8 Å². The van der Waals surface area contributed by atoms with Crippen molar-refractivity contribution in [3.63, 3.8) is 0 Å². The van der Waals surface area contributed by atoms with Gasteiger partial charge in [-0.3, -0.25) is 9.59 Å². The molecule has 5 nitrogen and oxygen atoms in total. The molecule has 0 saturated heterocycles. The number of carbonyl (C=O) groups is 2. The lowest BCUT2D eigenvalue weighted by Crippen LogP contribution is -2.28. The Morgan fingerprint density at radius 3 is 1.15 bits per heavy atom. The summed E-state index contributed by atoms with van der Waals surface area (Å²) < 4.78 is 10.6. The quantitative estimate of drug-likeness (QED) is 0.0398. The molecule has 0 radical (unpaired) electrons. The number of allylic oxidation sites excluding steroid dienone is 2. The molecule has 1 N–H and O–H groups in total. The molecule has 284 valence electrons. The molecule has 0 fully saturated rings. The monoisotopic (exact) mass is 679 g/mol. The zero-order chi connectivity index (χ0) is 35.0. The smallest absolute Gasteiger partial charge is 0.306 e. The van der Waals surface area contributed by atoms with Gasteiger partial charge in [0.25, 0.3) is 0 Å². The highest BCUT2D eigenvalue weighted by Gasteiger charge is 2.16. The molecule has 0 aliphatic rings. The fourth-order valence-corrected chi connectivity index (χ4v) is 6.31. The third kappa shape index (κ3) is 37.5. The van der Waals surface area contributed by atoms with Gasteiger partial charge in [-0.1, -0.05) is 193 Å². The van der Waals surface area contributed by atoms with Crippen molar-refractivity contribution in [3.05, 3.63) is 12.2 Å². The number of ether oxygens (including phenoxy) is 2. The van der Waals surface area contributed by atoms with E-state index in [0.29, 0.717) is 12.8 Å². The van der Waals surface area contributed by atoms with Gasteiger partial charge >= 0.3 is 11.9 Å². The van der Waals surface area contributed by atoms with Crippen molar-refractivity contribution in [1.29, 1.82) is 0 Å². The van der Waals surface area contributed by atoms with E-state index in [0.717, 1.165) is 38.5 Å². The molecule has 0 bridgehead atoms. The number of esters is 2. The predicted octanol–water partition coefficient (Wildman–Crippen LogP) is 13.3. The van der Waals surface area contributed by atoms with Crippen LogP contribution in [0, 0.1) is 0 Å². The van der Waals surface area contributed by atoms with Crippen LogP contribution in [0.5, 0.6) is 0 Å². The van der Waals surface area contributed by atoms with E-state index in [-0.39, 0.29) is 25.2 Å². The van der Waals surface area contributed by atoms with Gasteiger partial charge in [0.15, 0.2) is 6.10 Å². The summed E-state index contributed by atoms with van der Waals surface area (Å²) in [5.41, 5.74) is 0. The van der Waals surface area contributed by atoms with E-state index in [4.69, 9.17) is 9.47 Å². The Bertz CT molecular complexity index is 691. The number of aliphatic hydroxyl groups is 1. The van der Waals surface area contributed by atoms with Gasteiger partial charge in [-0.25, -0.2) is 0 Å². The normalized spacial score (nSPS) is 12.1. The molecule has 1 atom stereocenters. The Hall–Kier alpha value is -1.36. The molecule has 0 spiro atoms. The Labute approximate surface area is 299 Å². The van der Waals surface area contributed by atoms with E-state index in [1.54, 1.807) is 0 Å². The molecule has 0 unspecified atom stereocenters. The molecule has 0 aromatic heterocycles. The Balaban J connectivity index is 3.49. The van der Waals surface area contributed by atoms with Crippen LogP contribution in [-0.2, 0) is 19.1 Å². The van der Waals surface area contributed by atoms with E-state index < -0.39 is 6.10 Å². The van der Waals surface area contributed by atoms with Crippen LogP contribution < -0.4 is 0 Å². The van der Waals surface area contributed by atoms with Crippen molar-refractivity contribution >= 4 is 11.9 Å². The molecular formula is C43H82O5. The lowest BCUT2D eigenvalue weighted by molar-refractivity contribution is -0.161. The number of hydrogen-bond acceptors (Lipinski definition) is 5. The second kappa shape index (κ2) is 40.1. The highest BCUT2D eigenvalue weighted by atomic mass is 16.6. The van der Waals surface area contributed by atoms with E-state index in [2.05, 4.69) is 26.0 Å². The standard InChI is InChI=1S/C43H82O5/c1-3-5-7-9-11-13-15-17-19-20-21-22-24-26-28-30-32-34-36-38-43(46)48-41(39-44)40-47-42(45)37-35-33-31-29-27-25-23-18-16-14-12-10-8-6-4-2/h14,16,41,44H,3-13,15,17-40H2,1-2H3/b16-14-/t41-/m0/s1. The summed E-state index contributed by atoms with van der Waals surface area (Å²) in [5.74, 6) is -0.583. The number of aliphatic hydroxyl groups excluding tert-OH is 1. The molecule has 0 aliphatic carbocycles. The van der Waals surface area contributed by atoms with Gasteiger partial charge < -0.3 is 14.6 Å².